The van der Waals surface area contributed by atoms with Crippen LogP contribution in [0.1, 0.15) is 47.0 Å². The van der Waals surface area contributed by atoms with Crippen LogP contribution in [0.25, 0.3) is 0 Å². The Bertz CT molecular complexity index is 545. The Labute approximate surface area is 130 Å². The van der Waals surface area contributed by atoms with Gasteiger partial charge in [-0.3, -0.25) is 9.59 Å². The zero-order valence-corrected chi connectivity index (χ0v) is 13.6. The summed E-state index contributed by atoms with van der Waals surface area (Å²) in [6.45, 7) is 7.77. The van der Waals surface area contributed by atoms with Gasteiger partial charge in [-0.25, -0.2) is 0 Å². The van der Waals surface area contributed by atoms with Crippen LogP contribution in [0.5, 0.6) is 0 Å². The number of hydrogen-bond acceptors (Lipinski definition) is 5. The van der Waals surface area contributed by atoms with Gasteiger partial charge in [0.2, 0.25) is 5.79 Å². The molecule has 2 aliphatic carbocycles. The molecule has 5 heteroatoms. The zero-order valence-electron chi connectivity index (χ0n) is 13.6. The minimum atomic E-state index is -0.782. The molecule has 0 spiro atoms. The van der Waals surface area contributed by atoms with Crippen molar-refractivity contribution in [3.8, 4) is 0 Å². The Balaban J connectivity index is 1.68. The first-order valence-electron chi connectivity index (χ1n) is 8.36. The number of fused-ring (bicyclic) bond motifs is 4. The molecule has 2 heterocycles. The summed E-state index contributed by atoms with van der Waals surface area (Å²) in [5, 5.41) is 0. The van der Waals surface area contributed by atoms with E-state index in [4.69, 9.17) is 14.2 Å². The number of carbonyl (C=O) groups excluding carboxylic acids is 2. The summed E-state index contributed by atoms with van der Waals surface area (Å²) in [5.74, 6) is -0.656. The van der Waals surface area contributed by atoms with Gasteiger partial charge >= 0.3 is 11.9 Å². The van der Waals surface area contributed by atoms with E-state index in [0.29, 0.717) is 0 Å². The van der Waals surface area contributed by atoms with Crippen molar-refractivity contribution in [1.29, 1.82) is 0 Å². The van der Waals surface area contributed by atoms with Crippen molar-refractivity contribution < 1.29 is 23.8 Å². The van der Waals surface area contributed by atoms with Gasteiger partial charge in [0.15, 0.2) is 0 Å². The van der Waals surface area contributed by atoms with Crippen LogP contribution < -0.4 is 0 Å². The van der Waals surface area contributed by atoms with Gasteiger partial charge in [0, 0.05) is 24.7 Å². The average molecular weight is 308 g/mol. The second-order valence-electron chi connectivity index (χ2n) is 7.99. The largest absolute Gasteiger partial charge is 0.461 e. The summed E-state index contributed by atoms with van der Waals surface area (Å²) >= 11 is 0. The standard InChI is InChI=1S/C17H24O5/c1-8-11-5-6-16(4)7-12-17(22-12,21-10(3)18)9(2)13(16)14(11)20-15(8)19/h8-9,11-14H,5-7H2,1-4H3/t8-,9-,11?,12+,13+,14-,16-,17-/m0/s1. The quantitative estimate of drug-likeness (QED) is 0.549. The lowest BCUT2D eigenvalue weighted by atomic mass is 9.52. The smallest absolute Gasteiger partial charge is 0.309 e. The van der Waals surface area contributed by atoms with Crippen LogP contribution in [0.3, 0.4) is 0 Å². The van der Waals surface area contributed by atoms with E-state index in [2.05, 4.69) is 13.8 Å². The van der Waals surface area contributed by atoms with E-state index in [9.17, 15) is 9.59 Å². The molecule has 0 radical (unpaired) electrons. The molecule has 0 aromatic heterocycles. The summed E-state index contributed by atoms with van der Waals surface area (Å²) in [6.07, 6.45) is 2.93. The maximum atomic E-state index is 12.0. The van der Waals surface area contributed by atoms with Crippen LogP contribution in [0.15, 0.2) is 0 Å². The summed E-state index contributed by atoms with van der Waals surface area (Å²) in [5.41, 5.74) is 0.0930. The lowest BCUT2D eigenvalue weighted by Crippen LogP contribution is -2.55. The van der Waals surface area contributed by atoms with E-state index >= 15 is 0 Å². The van der Waals surface area contributed by atoms with Gasteiger partial charge in [0.25, 0.3) is 0 Å². The number of rotatable bonds is 1. The highest BCUT2D eigenvalue weighted by Crippen LogP contribution is 2.66. The SMILES string of the molecule is CC(=O)O[C@@]12O[C@@H]1C[C@]1(C)CCC3[C@H](C)C(=O)O[C@@H]3[C@H]1[C@@H]2C. The van der Waals surface area contributed by atoms with Crippen molar-refractivity contribution >= 4 is 11.9 Å². The van der Waals surface area contributed by atoms with Crippen LogP contribution >= 0.6 is 0 Å². The Morgan fingerprint density at radius 1 is 1.36 bits per heavy atom. The third kappa shape index (κ3) is 1.69. The van der Waals surface area contributed by atoms with E-state index in [1.54, 1.807) is 0 Å². The molecular weight excluding hydrogens is 284 g/mol. The van der Waals surface area contributed by atoms with Gasteiger partial charge in [-0.2, -0.15) is 0 Å². The molecule has 0 bridgehead atoms. The Hall–Kier alpha value is -1.10. The van der Waals surface area contributed by atoms with Crippen LogP contribution in [0.2, 0.25) is 0 Å². The average Bonchev–Trinajstić information content (AvgIpc) is 3.02. The third-order valence-corrected chi connectivity index (χ3v) is 6.74. The molecule has 0 amide bonds. The summed E-state index contributed by atoms with van der Waals surface area (Å²) in [6, 6.07) is 0. The fourth-order valence-corrected chi connectivity index (χ4v) is 5.58. The second kappa shape index (κ2) is 4.25. The normalized spacial score (nSPS) is 55.5. The fraction of sp³-hybridized carbons (Fsp3) is 0.882. The van der Waals surface area contributed by atoms with Crippen LogP contribution in [0, 0.1) is 29.1 Å². The van der Waals surface area contributed by atoms with Crippen molar-refractivity contribution in [1.82, 2.24) is 0 Å². The molecule has 2 saturated heterocycles. The lowest BCUT2D eigenvalue weighted by molar-refractivity contribution is -0.184. The van der Waals surface area contributed by atoms with Crippen molar-refractivity contribution in [3.05, 3.63) is 0 Å². The maximum absolute atomic E-state index is 12.0. The molecule has 0 N–H and O–H groups in total. The molecule has 4 fully saturated rings. The topological polar surface area (TPSA) is 65.1 Å². The van der Waals surface area contributed by atoms with E-state index in [1.807, 2.05) is 6.92 Å². The molecule has 1 unspecified atom stereocenters. The molecule has 4 aliphatic rings. The van der Waals surface area contributed by atoms with E-state index in [-0.39, 0.29) is 53.2 Å². The van der Waals surface area contributed by atoms with Crippen molar-refractivity contribution in [3.63, 3.8) is 0 Å². The Morgan fingerprint density at radius 2 is 2.09 bits per heavy atom. The van der Waals surface area contributed by atoms with E-state index in [0.717, 1.165) is 19.3 Å². The van der Waals surface area contributed by atoms with Gasteiger partial charge in [0.1, 0.15) is 12.2 Å². The van der Waals surface area contributed by atoms with Gasteiger partial charge in [0.05, 0.1) is 5.92 Å². The molecule has 4 rings (SSSR count). The first-order valence-corrected chi connectivity index (χ1v) is 8.36. The number of esters is 2. The van der Waals surface area contributed by atoms with Crippen molar-refractivity contribution in [2.45, 2.75) is 65.0 Å². The fourth-order valence-electron chi connectivity index (χ4n) is 5.58. The first kappa shape index (κ1) is 14.5. The monoisotopic (exact) mass is 308 g/mol. The second-order valence-corrected chi connectivity index (χ2v) is 7.99. The number of ether oxygens (including phenoxy) is 3. The highest BCUT2D eigenvalue weighted by Gasteiger charge is 2.74. The summed E-state index contributed by atoms with van der Waals surface area (Å²) in [4.78, 5) is 23.5. The molecule has 2 saturated carbocycles. The molecule has 5 nitrogen and oxygen atoms in total. The minimum Gasteiger partial charge on any atom is -0.461 e. The first-order chi connectivity index (χ1) is 10.3. The molecule has 0 aromatic rings. The maximum Gasteiger partial charge on any atom is 0.309 e. The highest BCUT2D eigenvalue weighted by atomic mass is 16.8. The lowest BCUT2D eigenvalue weighted by Gasteiger charge is -2.52. The van der Waals surface area contributed by atoms with Gasteiger partial charge in [-0.1, -0.05) is 20.8 Å². The number of epoxide rings is 1. The third-order valence-electron chi connectivity index (χ3n) is 6.74. The van der Waals surface area contributed by atoms with Crippen LogP contribution in [0.4, 0.5) is 0 Å². The molecule has 0 aromatic carbocycles. The van der Waals surface area contributed by atoms with Gasteiger partial charge in [-0.15, -0.1) is 0 Å². The van der Waals surface area contributed by atoms with Crippen molar-refractivity contribution in [2.75, 3.05) is 0 Å². The molecule has 22 heavy (non-hydrogen) atoms. The summed E-state index contributed by atoms with van der Waals surface area (Å²) in [7, 11) is 0. The van der Waals surface area contributed by atoms with Crippen molar-refractivity contribution in [2.24, 2.45) is 29.1 Å². The molecule has 122 valence electrons. The van der Waals surface area contributed by atoms with E-state index in [1.165, 1.54) is 6.92 Å². The minimum absolute atomic E-state index is 0.00118. The molecule has 8 atom stereocenters. The van der Waals surface area contributed by atoms with Crippen LogP contribution in [-0.2, 0) is 23.8 Å². The zero-order chi connectivity index (χ0) is 15.9. The predicted molar refractivity (Wildman–Crippen MR) is 76.5 cm³/mol. The van der Waals surface area contributed by atoms with Gasteiger partial charge in [-0.05, 0) is 24.7 Å². The highest BCUT2D eigenvalue weighted by molar-refractivity contribution is 5.75. The Kier molecular flexibility index (Phi) is 2.80. The Morgan fingerprint density at radius 3 is 2.77 bits per heavy atom. The van der Waals surface area contributed by atoms with Crippen LogP contribution in [-0.4, -0.2) is 29.9 Å². The number of carbonyl (C=O) groups is 2. The van der Waals surface area contributed by atoms with E-state index < -0.39 is 5.79 Å². The number of hydrogen-bond donors (Lipinski definition) is 0. The molecule has 2 aliphatic heterocycles. The van der Waals surface area contributed by atoms with Gasteiger partial charge < -0.3 is 14.2 Å². The predicted octanol–water partition coefficient (Wildman–Crippen LogP) is 2.28. The molecular formula is C17H24O5. The summed E-state index contributed by atoms with van der Waals surface area (Å²) < 4.78 is 17.2.